The van der Waals surface area contributed by atoms with Crippen LogP contribution in [-0.4, -0.2) is 31.3 Å². The van der Waals surface area contributed by atoms with Gasteiger partial charge in [0.1, 0.15) is 11.5 Å². The van der Waals surface area contributed by atoms with E-state index in [1.807, 2.05) is 20.8 Å². The number of carbonyl (C=O) groups excluding carboxylic acids is 1. The smallest absolute Gasteiger partial charge is 0.296 e. The highest BCUT2D eigenvalue weighted by atomic mass is 32.2. The lowest BCUT2D eigenvalue weighted by atomic mass is 9.92. The Morgan fingerprint density at radius 3 is 2.68 bits per heavy atom. The highest BCUT2D eigenvalue weighted by molar-refractivity contribution is 8.01. The zero-order valence-electron chi connectivity index (χ0n) is 11.1. The highest BCUT2D eigenvalue weighted by Crippen LogP contribution is 2.26. The van der Waals surface area contributed by atoms with Crippen molar-refractivity contribution in [3.05, 3.63) is 16.0 Å². The van der Waals surface area contributed by atoms with Crippen LogP contribution in [0.1, 0.15) is 26.5 Å². The molecule has 0 aliphatic rings. The molecule has 0 radical (unpaired) electrons. The largest absolute Gasteiger partial charge is 0.298 e. The lowest BCUT2D eigenvalue weighted by Crippen LogP contribution is -2.22. The Labute approximate surface area is 118 Å². The molecule has 19 heavy (non-hydrogen) atoms. The van der Waals surface area contributed by atoms with E-state index in [9.17, 15) is 9.59 Å². The van der Waals surface area contributed by atoms with Crippen molar-refractivity contribution in [2.45, 2.75) is 32.0 Å². The van der Waals surface area contributed by atoms with E-state index in [0.717, 1.165) is 0 Å². The molecule has 2 aromatic rings. The number of aromatic nitrogens is 4. The molecule has 0 atom stereocenters. The number of aryl methyl sites for hydroxylation is 1. The molecule has 0 aromatic carbocycles. The van der Waals surface area contributed by atoms with Gasteiger partial charge in [-0.3, -0.25) is 9.59 Å². The van der Waals surface area contributed by atoms with Gasteiger partial charge in [0, 0.05) is 5.41 Å². The molecule has 0 aliphatic carbocycles. The van der Waals surface area contributed by atoms with E-state index >= 15 is 0 Å². The number of rotatable bonds is 3. The van der Waals surface area contributed by atoms with Crippen LogP contribution in [0.3, 0.4) is 0 Å². The minimum Gasteiger partial charge on any atom is -0.298 e. The first kappa shape index (κ1) is 14.1. The van der Waals surface area contributed by atoms with Gasteiger partial charge in [-0.1, -0.05) is 43.9 Å². The summed E-state index contributed by atoms with van der Waals surface area (Å²) in [5.74, 6) is 0.483. The van der Waals surface area contributed by atoms with Crippen molar-refractivity contribution in [3.8, 4) is 0 Å². The van der Waals surface area contributed by atoms with Gasteiger partial charge in [-0.2, -0.15) is 4.52 Å². The predicted octanol–water partition coefficient (Wildman–Crippen LogP) is 1.56. The first-order valence-corrected chi connectivity index (χ1v) is 7.48. The van der Waals surface area contributed by atoms with Crippen LogP contribution < -0.4 is 5.56 Å². The van der Waals surface area contributed by atoms with Crippen LogP contribution in [0.15, 0.2) is 9.13 Å². The van der Waals surface area contributed by atoms with Crippen molar-refractivity contribution < 1.29 is 4.79 Å². The summed E-state index contributed by atoms with van der Waals surface area (Å²) in [6.45, 7) is 7.24. The summed E-state index contributed by atoms with van der Waals surface area (Å²) in [4.78, 5) is 24.0. The summed E-state index contributed by atoms with van der Waals surface area (Å²) < 4.78 is 1.88. The van der Waals surface area contributed by atoms with E-state index in [4.69, 9.17) is 0 Å². The molecule has 0 bridgehead atoms. The van der Waals surface area contributed by atoms with Crippen LogP contribution in [-0.2, 0) is 4.79 Å². The van der Waals surface area contributed by atoms with Gasteiger partial charge in [0.05, 0.1) is 5.75 Å². The number of hydrogen-bond acceptors (Lipinski definition) is 7. The third-order valence-corrected chi connectivity index (χ3v) is 4.52. The molecule has 0 unspecified atom stereocenters. The maximum absolute atomic E-state index is 11.8. The fourth-order valence-electron chi connectivity index (χ4n) is 1.18. The summed E-state index contributed by atoms with van der Waals surface area (Å²) >= 11 is 2.59. The quantitative estimate of drug-likeness (QED) is 0.800. The second-order valence-electron chi connectivity index (χ2n) is 5.11. The molecule has 0 N–H and O–H groups in total. The molecule has 0 amide bonds. The van der Waals surface area contributed by atoms with Gasteiger partial charge in [0.15, 0.2) is 4.34 Å². The number of hydrogen-bond donors (Lipinski definition) is 0. The van der Waals surface area contributed by atoms with E-state index in [0.29, 0.717) is 20.7 Å². The monoisotopic (exact) mass is 298 g/mol. The molecule has 0 aliphatic heterocycles. The fraction of sp³-hybridized carbons (Fsp3) is 0.545. The summed E-state index contributed by atoms with van der Waals surface area (Å²) in [6, 6.07) is 0. The van der Waals surface area contributed by atoms with Crippen molar-refractivity contribution in [1.82, 2.24) is 19.8 Å². The molecule has 0 fully saturated rings. The van der Waals surface area contributed by atoms with Crippen LogP contribution in [0.25, 0.3) is 4.96 Å². The van der Waals surface area contributed by atoms with Crippen molar-refractivity contribution in [3.63, 3.8) is 0 Å². The highest BCUT2D eigenvalue weighted by Gasteiger charge is 2.21. The Hall–Kier alpha value is -1.28. The Morgan fingerprint density at radius 2 is 2.05 bits per heavy atom. The number of carbonyl (C=O) groups is 1. The minimum absolute atomic E-state index is 0.145. The SMILES string of the molecule is Cc1nnc2sc(SCC(=O)C(C)(C)C)nn2c1=O. The average Bonchev–Trinajstić information content (AvgIpc) is 2.73. The Bertz CT molecular complexity index is 684. The van der Waals surface area contributed by atoms with E-state index in [2.05, 4.69) is 15.3 Å². The molecular weight excluding hydrogens is 284 g/mol. The topological polar surface area (TPSA) is 77.2 Å². The van der Waals surface area contributed by atoms with Gasteiger partial charge in [0.25, 0.3) is 5.56 Å². The van der Waals surface area contributed by atoms with E-state index < -0.39 is 0 Å². The summed E-state index contributed by atoms with van der Waals surface area (Å²) in [5, 5.41) is 11.8. The van der Waals surface area contributed by atoms with Crippen LogP contribution >= 0.6 is 23.1 Å². The molecule has 2 aromatic heterocycles. The predicted molar refractivity (Wildman–Crippen MR) is 74.9 cm³/mol. The average molecular weight is 298 g/mol. The van der Waals surface area contributed by atoms with Crippen molar-refractivity contribution in [1.29, 1.82) is 0 Å². The first-order chi connectivity index (χ1) is 8.79. The van der Waals surface area contributed by atoms with E-state index in [1.165, 1.54) is 27.6 Å². The van der Waals surface area contributed by atoms with Gasteiger partial charge >= 0.3 is 0 Å². The summed E-state index contributed by atoms with van der Waals surface area (Å²) in [6.07, 6.45) is 0. The van der Waals surface area contributed by atoms with Gasteiger partial charge in [-0.15, -0.1) is 15.3 Å². The van der Waals surface area contributed by atoms with Gasteiger partial charge in [-0.25, -0.2) is 0 Å². The number of ketones is 1. The number of nitrogens with zero attached hydrogens (tertiary/aromatic N) is 4. The Balaban J connectivity index is 2.22. The third kappa shape index (κ3) is 3.01. The molecular formula is C11H14N4O2S2. The van der Waals surface area contributed by atoms with Crippen LogP contribution in [0.5, 0.6) is 0 Å². The van der Waals surface area contributed by atoms with Crippen molar-refractivity contribution >= 4 is 33.8 Å². The van der Waals surface area contributed by atoms with Crippen LogP contribution in [0.2, 0.25) is 0 Å². The Morgan fingerprint density at radius 1 is 1.37 bits per heavy atom. The van der Waals surface area contributed by atoms with E-state index in [-0.39, 0.29) is 16.8 Å². The van der Waals surface area contributed by atoms with E-state index in [1.54, 1.807) is 6.92 Å². The molecule has 2 heterocycles. The number of fused-ring (bicyclic) bond motifs is 1. The first-order valence-electron chi connectivity index (χ1n) is 5.68. The minimum atomic E-state index is -0.364. The number of Topliss-reactive ketones (excluding diaryl/α,β-unsaturated/α-hetero) is 1. The molecule has 8 heteroatoms. The molecule has 2 rings (SSSR count). The third-order valence-electron chi connectivity index (χ3n) is 2.49. The molecule has 0 spiro atoms. The maximum atomic E-state index is 11.8. The maximum Gasteiger partial charge on any atom is 0.296 e. The van der Waals surface area contributed by atoms with Gasteiger partial charge < -0.3 is 0 Å². The molecule has 0 saturated carbocycles. The van der Waals surface area contributed by atoms with Crippen LogP contribution in [0, 0.1) is 12.3 Å². The fourth-order valence-corrected chi connectivity index (χ4v) is 3.21. The zero-order chi connectivity index (χ0) is 14.2. The van der Waals surface area contributed by atoms with Crippen molar-refractivity contribution in [2.75, 3.05) is 5.75 Å². The van der Waals surface area contributed by atoms with Gasteiger partial charge in [0.2, 0.25) is 4.96 Å². The molecule has 102 valence electrons. The molecule has 6 nitrogen and oxygen atoms in total. The summed E-state index contributed by atoms with van der Waals surface area (Å²) in [5.41, 5.74) is -0.322. The zero-order valence-corrected chi connectivity index (χ0v) is 12.8. The Kier molecular flexibility index (Phi) is 3.73. The van der Waals surface area contributed by atoms with Crippen LogP contribution in [0.4, 0.5) is 0 Å². The second kappa shape index (κ2) is 5.01. The second-order valence-corrected chi connectivity index (χ2v) is 7.29. The normalized spacial score (nSPS) is 12.0. The lowest BCUT2D eigenvalue weighted by molar-refractivity contribution is -0.123. The lowest BCUT2D eigenvalue weighted by Gasteiger charge is -2.15. The molecule has 0 saturated heterocycles. The summed E-state index contributed by atoms with van der Waals surface area (Å²) in [7, 11) is 0. The van der Waals surface area contributed by atoms with Gasteiger partial charge in [-0.05, 0) is 6.92 Å². The standard InChI is InChI=1S/C11H14N4O2S2/c1-6-8(17)15-9(13-12-6)19-10(14-15)18-5-7(16)11(2,3)4/h5H2,1-4H3. The number of thioether (sulfide) groups is 1. The van der Waals surface area contributed by atoms with Crippen molar-refractivity contribution in [2.24, 2.45) is 5.41 Å².